The van der Waals surface area contributed by atoms with Crippen LogP contribution in [0.15, 0.2) is 28.7 Å². The Morgan fingerprint density at radius 3 is 2.67 bits per heavy atom. The molecule has 1 aliphatic rings. The van der Waals surface area contributed by atoms with Crippen molar-refractivity contribution in [2.75, 3.05) is 13.2 Å². The Labute approximate surface area is 130 Å². The minimum atomic E-state index is -0.956. The van der Waals surface area contributed by atoms with Gasteiger partial charge in [-0.05, 0) is 37.1 Å². The van der Waals surface area contributed by atoms with Crippen LogP contribution in [-0.2, 0) is 14.3 Å². The van der Waals surface area contributed by atoms with Crippen molar-refractivity contribution in [2.45, 2.75) is 25.0 Å². The Morgan fingerprint density at radius 2 is 2.05 bits per heavy atom. The van der Waals surface area contributed by atoms with Crippen molar-refractivity contribution in [3.8, 4) is 5.75 Å². The topological polar surface area (TPSA) is 84.9 Å². The van der Waals surface area contributed by atoms with Crippen LogP contribution in [0.1, 0.15) is 12.8 Å². The second-order valence-corrected chi connectivity index (χ2v) is 5.62. The van der Waals surface area contributed by atoms with Gasteiger partial charge in [0.2, 0.25) is 0 Å². The molecule has 0 bridgehead atoms. The zero-order valence-electron chi connectivity index (χ0n) is 11.3. The van der Waals surface area contributed by atoms with E-state index < -0.39 is 12.1 Å². The van der Waals surface area contributed by atoms with E-state index in [4.69, 9.17) is 14.6 Å². The third kappa shape index (κ3) is 5.02. The Hall–Kier alpha value is -1.60. The van der Waals surface area contributed by atoms with Crippen molar-refractivity contribution < 1.29 is 24.2 Å². The molecule has 21 heavy (non-hydrogen) atoms. The summed E-state index contributed by atoms with van der Waals surface area (Å²) in [6.07, 6.45) is 0.101. The summed E-state index contributed by atoms with van der Waals surface area (Å²) >= 11 is 3.31. The molecule has 0 spiro atoms. The molecule has 7 heteroatoms. The van der Waals surface area contributed by atoms with Crippen molar-refractivity contribution in [1.82, 2.24) is 5.32 Å². The summed E-state index contributed by atoms with van der Waals surface area (Å²) in [7, 11) is 0. The summed E-state index contributed by atoms with van der Waals surface area (Å²) in [5.74, 6) is -0.612. The molecule has 2 atom stereocenters. The lowest BCUT2D eigenvalue weighted by atomic mass is 10.2. The number of carbonyl (C=O) groups excluding carboxylic acids is 1. The molecule has 114 valence electrons. The summed E-state index contributed by atoms with van der Waals surface area (Å²) in [5.41, 5.74) is 0. The zero-order valence-corrected chi connectivity index (χ0v) is 12.8. The van der Waals surface area contributed by atoms with Gasteiger partial charge >= 0.3 is 5.97 Å². The molecule has 0 aromatic heterocycles. The second kappa shape index (κ2) is 7.42. The van der Waals surface area contributed by atoms with Gasteiger partial charge in [-0.3, -0.25) is 4.79 Å². The third-order valence-electron chi connectivity index (χ3n) is 3.09. The predicted molar refractivity (Wildman–Crippen MR) is 78.2 cm³/mol. The summed E-state index contributed by atoms with van der Waals surface area (Å²) in [4.78, 5) is 22.4. The van der Waals surface area contributed by atoms with E-state index in [9.17, 15) is 9.59 Å². The number of amides is 1. The van der Waals surface area contributed by atoms with E-state index in [0.717, 1.165) is 4.47 Å². The number of aliphatic carboxylic acids is 1. The van der Waals surface area contributed by atoms with Gasteiger partial charge in [-0.25, -0.2) is 4.79 Å². The van der Waals surface area contributed by atoms with Gasteiger partial charge in [-0.1, -0.05) is 15.9 Å². The number of ether oxygens (including phenoxy) is 2. The maximum Gasteiger partial charge on any atom is 0.332 e. The monoisotopic (exact) mass is 357 g/mol. The largest absolute Gasteiger partial charge is 0.484 e. The number of carboxylic acid groups (broad SMARTS) is 1. The smallest absolute Gasteiger partial charge is 0.332 e. The average molecular weight is 358 g/mol. The molecule has 2 unspecified atom stereocenters. The van der Waals surface area contributed by atoms with Crippen LogP contribution >= 0.6 is 15.9 Å². The van der Waals surface area contributed by atoms with Crippen LogP contribution in [0.4, 0.5) is 0 Å². The Kier molecular flexibility index (Phi) is 5.58. The maximum absolute atomic E-state index is 11.6. The molecular formula is C14H16BrNO5. The Morgan fingerprint density at radius 1 is 1.33 bits per heavy atom. The van der Waals surface area contributed by atoms with Gasteiger partial charge in [0.15, 0.2) is 12.7 Å². The van der Waals surface area contributed by atoms with E-state index in [1.165, 1.54) is 0 Å². The lowest BCUT2D eigenvalue weighted by molar-refractivity contribution is -0.149. The number of carbonyl (C=O) groups is 2. The molecule has 1 fully saturated rings. The van der Waals surface area contributed by atoms with Crippen molar-refractivity contribution in [1.29, 1.82) is 0 Å². The fraction of sp³-hybridized carbons (Fsp3) is 0.429. The molecular weight excluding hydrogens is 342 g/mol. The highest BCUT2D eigenvalue weighted by Crippen LogP contribution is 2.19. The minimum absolute atomic E-state index is 0.0866. The number of nitrogens with one attached hydrogen (secondary N) is 1. The molecule has 2 rings (SSSR count). The number of halogens is 1. The predicted octanol–water partition coefficient (Wildman–Crippen LogP) is 1.58. The molecule has 1 amide bonds. The molecule has 1 aromatic carbocycles. The summed E-state index contributed by atoms with van der Waals surface area (Å²) in [6, 6.07) is 7.17. The molecule has 0 saturated carbocycles. The number of hydrogen-bond acceptors (Lipinski definition) is 4. The van der Waals surface area contributed by atoms with Crippen LogP contribution in [-0.4, -0.2) is 42.3 Å². The first kappa shape index (κ1) is 15.8. The van der Waals surface area contributed by atoms with Gasteiger partial charge in [-0.2, -0.15) is 0 Å². The van der Waals surface area contributed by atoms with Crippen LogP contribution < -0.4 is 10.1 Å². The van der Waals surface area contributed by atoms with E-state index in [-0.39, 0.29) is 18.6 Å². The molecule has 0 aliphatic carbocycles. The van der Waals surface area contributed by atoms with Crippen LogP contribution in [0, 0.1) is 0 Å². The standard InChI is InChI=1S/C14H16BrNO5/c15-9-1-3-10(4-2-9)20-8-13(17)16-7-11-5-6-12(21-11)14(18)19/h1-4,11-12H,5-8H2,(H,16,17)(H,18,19). The van der Waals surface area contributed by atoms with Crippen LogP contribution in [0.3, 0.4) is 0 Å². The van der Waals surface area contributed by atoms with Crippen molar-refractivity contribution in [3.63, 3.8) is 0 Å². The fourth-order valence-corrected chi connectivity index (χ4v) is 2.26. The third-order valence-corrected chi connectivity index (χ3v) is 3.62. The van der Waals surface area contributed by atoms with Crippen molar-refractivity contribution in [2.24, 2.45) is 0 Å². The molecule has 1 saturated heterocycles. The maximum atomic E-state index is 11.6. The number of rotatable bonds is 6. The highest BCUT2D eigenvalue weighted by atomic mass is 79.9. The first-order valence-corrected chi connectivity index (χ1v) is 7.37. The van der Waals surface area contributed by atoms with E-state index in [1.54, 1.807) is 12.1 Å². The van der Waals surface area contributed by atoms with Gasteiger partial charge in [0.25, 0.3) is 5.91 Å². The van der Waals surface area contributed by atoms with Gasteiger partial charge in [0, 0.05) is 11.0 Å². The second-order valence-electron chi connectivity index (χ2n) is 4.71. The molecule has 2 N–H and O–H groups in total. The van der Waals surface area contributed by atoms with Crippen LogP contribution in [0.2, 0.25) is 0 Å². The number of hydrogen-bond donors (Lipinski definition) is 2. The normalized spacial score (nSPS) is 21.0. The fourth-order valence-electron chi connectivity index (χ4n) is 2.00. The summed E-state index contributed by atoms with van der Waals surface area (Å²) < 4.78 is 11.6. The molecule has 1 aliphatic heterocycles. The zero-order chi connectivity index (χ0) is 15.2. The van der Waals surface area contributed by atoms with Crippen LogP contribution in [0.5, 0.6) is 5.75 Å². The first-order chi connectivity index (χ1) is 10.0. The van der Waals surface area contributed by atoms with Gasteiger partial charge in [-0.15, -0.1) is 0 Å². The SMILES string of the molecule is O=C(COc1ccc(Br)cc1)NCC1CCC(C(=O)O)O1. The lowest BCUT2D eigenvalue weighted by Gasteiger charge is -2.12. The average Bonchev–Trinajstić information content (AvgIpc) is 2.93. The Bertz CT molecular complexity index is 505. The Balaban J connectivity index is 1.66. The molecule has 1 aromatic rings. The molecule has 1 heterocycles. The van der Waals surface area contributed by atoms with Gasteiger partial charge < -0.3 is 19.9 Å². The summed E-state index contributed by atoms with van der Waals surface area (Å²) in [5, 5.41) is 11.5. The van der Waals surface area contributed by atoms with Gasteiger partial charge in [0.1, 0.15) is 5.75 Å². The minimum Gasteiger partial charge on any atom is -0.484 e. The van der Waals surface area contributed by atoms with E-state index in [0.29, 0.717) is 25.1 Å². The first-order valence-electron chi connectivity index (χ1n) is 6.58. The lowest BCUT2D eigenvalue weighted by Crippen LogP contribution is -2.35. The number of benzene rings is 1. The number of carboxylic acids is 1. The highest BCUT2D eigenvalue weighted by Gasteiger charge is 2.30. The molecule has 6 nitrogen and oxygen atoms in total. The summed E-state index contributed by atoms with van der Waals surface area (Å²) in [6.45, 7) is 0.211. The molecule has 0 radical (unpaired) electrons. The van der Waals surface area contributed by atoms with E-state index in [1.807, 2.05) is 12.1 Å². The van der Waals surface area contributed by atoms with Crippen molar-refractivity contribution >= 4 is 27.8 Å². The van der Waals surface area contributed by atoms with Crippen molar-refractivity contribution in [3.05, 3.63) is 28.7 Å². The van der Waals surface area contributed by atoms with Gasteiger partial charge in [0.05, 0.1) is 6.10 Å². The van der Waals surface area contributed by atoms with Crippen LogP contribution in [0.25, 0.3) is 0 Å². The van der Waals surface area contributed by atoms with E-state index >= 15 is 0 Å². The van der Waals surface area contributed by atoms with E-state index in [2.05, 4.69) is 21.2 Å². The quantitative estimate of drug-likeness (QED) is 0.807. The highest BCUT2D eigenvalue weighted by molar-refractivity contribution is 9.10.